The van der Waals surface area contributed by atoms with Gasteiger partial charge in [-0.05, 0) is 6.07 Å². The summed E-state index contributed by atoms with van der Waals surface area (Å²) in [6.07, 6.45) is 4.73. The molecule has 2 aromatic rings. The molecule has 0 aliphatic rings. The number of nitrogens with two attached hydrogens (primary N) is 1. The molecule has 2 N–H and O–H groups in total. The van der Waals surface area contributed by atoms with Crippen molar-refractivity contribution in [3.05, 3.63) is 35.9 Å². The molecule has 2 aromatic heterocycles. The van der Waals surface area contributed by atoms with Crippen molar-refractivity contribution in [2.75, 3.05) is 21.3 Å². The van der Waals surface area contributed by atoms with E-state index in [-0.39, 0.29) is 0 Å². The summed E-state index contributed by atoms with van der Waals surface area (Å²) in [4.78, 5) is 12.4. The van der Waals surface area contributed by atoms with Crippen LogP contribution in [0.1, 0.15) is 17.3 Å². The minimum atomic E-state index is -0.540. The molecule has 1 atom stereocenters. The molecular weight excluding hydrogens is 260 g/mol. The van der Waals surface area contributed by atoms with Crippen LogP contribution in [0.3, 0.4) is 0 Å². The highest BCUT2D eigenvalue weighted by Gasteiger charge is 2.21. The van der Waals surface area contributed by atoms with E-state index in [9.17, 15) is 0 Å². The third-order valence-corrected chi connectivity index (χ3v) is 2.81. The van der Waals surface area contributed by atoms with Crippen molar-refractivity contribution >= 4 is 0 Å². The first-order valence-corrected chi connectivity index (χ1v) is 5.89. The smallest absolute Gasteiger partial charge is 0.240 e. The van der Waals surface area contributed by atoms with Crippen LogP contribution in [-0.4, -0.2) is 36.3 Å². The third-order valence-electron chi connectivity index (χ3n) is 2.81. The van der Waals surface area contributed by atoms with E-state index in [4.69, 9.17) is 19.9 Å². The zero-order valence-corrected chi connectivity index (χ0v) is 11.5. The lowest BCUT2D eigenvalue weighted by Gasteiger charge is -2.16. The molecule has 2 rings (SSSR count). The minimum Gasteiger partial charge on any atom is -0.495 e. The Labute approximate surface area is 116 Å². The van der Waals surface area contributed by atoms with Gasteiger partial charge in [-0.3, -0.25) is 4.98 Å². The molecule has 0 fully saturated rings. The summed E-state index contributed by atoms with van der Waals surface area (Å²) in [5.41, 5.74) is 7.48. The predicted molar refractivity (Wildman–Crippen MR) is 72.0 cm³/mol. The first-order valence-electron chi connectivity index (χ1n) is 5.89. The van der Waals surface area contributed by atoms with Crippen molar-refractivity contribution in [1.29, 1.82) is 0 Å². The molecule has 0 saturated heterocycles. The first-order chi connectivity index (χ1) is 9.71. The largest absolute Gasteiger partial charge is 0.495 e. The van der Waals surface area contributed by atoms with Crippen LogP contribution < -0.4 is 19.9 Å². The van der Waals surface area contributed by atoms with Gasteiger partial charge < -0.3 is 19.9 Å². The molecule has 20 heavy (non-hydrogen) atoms. The topological polar surface area (TPSA) is 92.4 Å². The maximum atomic E-state index is 6.23. The molecule has 0 aliphatic carbocycles. The summed E-state index contributed by atoms with van der Waals surface area (Å²) in [6.45, 7) is 0. The van der Waals surface area contributed by atoms with Crippen LogP contribution in [0.15, 0.2) is 24.7 Å². The normalized spacial score (nSPS) is 11.8. The SMILES string of the molecule is COc1cnc(C(N)c2ccncc2OC)c(OC)n1. The van der Waals surface area contributed by atoms with E-state index in [1.807, 2.05) is 0 Å². The van der Waals surface area contributed by atoms with Crippen LogP contribution >= 0.6 is 0 Å². The Morgan fingerprint density at radius 2 is 1.90 bits per heavy atom. The number of rotatable bonds is 5. The highest BCUT2D eigenvalue weighted by atomic mass is 16.5. The van der Waals surface area contributed by atoms with Crippen molar-refractivity contribution < 1.29 is 14.2 Å². The maximum Gasteiger partial charge on any atom is 0.240 e. The van der Waals surface area contributed by atoms with E-state index in [1.54, 1.807) is 25.6 Å². The van der Waals surface area contributed by atoms with Gasteiger partial charge in [0.25, 0.3) is 0 Å². The minimum absolute atomic E-state index is 0.315. The second-order valence-electron chi connectivity index (χ2n) is 3.90. The Balaban J connectivity index is 2.45. The summed E-state index contributed by atoms with van der Waals surface area (Å²) in [6, 6.07) is 1.23. The monoisotopic (exact) mass is 276 g/mol. The number of hydrogen-bond acceptors (Lipinski definition) is 7. The summed E-state index contributed by atoms with van der Waals surface area (Å²) < 4.78 is 15.5. The van der Waals surface area contributed by atoms with Crippen molar-refractivity contribution in [1.82, 2.24) is 15.0 Å². The third kappa shape index (κ3) is 2.62. The molecule has 0 aromatic carbocycles. The van der Waals surface area contributed by atoms with E-state index in [0.29, 0.717) is 23.2 Å². The molecule has 0 bridgehead atoms. The van der Waals surface area contributed by atoms with Crippen LogP contribution in [0.2, 0.25) is 0 Å². The van der Waals surface area contributed by atoms with Crippen LogP contribution in [0.25, 0.3) is 0 Å². The van der Waals surface area contributed by atoms with Gasteiger partial charge in [0.2, 0.25) is 11.8 Å². The molecular formula is C13H16N4O3. The van der Waals surface area contributed by atoms with E-state index in [0.717, 1.165) is 5.56 Å². The molecule has 0 aliphatic heterocycles. The number of ether oxygens (including phenoxy) is 3. The average Bonchev–Trinajstić information content (AvgIpc) is 2.53. The maximum absolute atomic E-state index is 6.23. The number of hydrogen-bond donors (Lipinski definition) is 1. The predicted octanol–water partition coefficient (Wildman–Crippen LogP) is 0.946. The first kappa shape index (κ1) is 14.0. The van der Waals surface area contributed by atoms with Crippen LogP contribution in [0.4, 0.5) is 0 Å². The van der Waals surface area contributed by atoms with E-state index >= 15 is 0 Å². The molecule has 7 heteroatoms. The lowest BCUT2D eigenvalue weighted by atomic mass is 10.1. The Morgan fingerprint density at radius 3 is 2.55 bits per heavy atom. The van der Waals surface area contributed by atoms with Crippen molar-refractivity contribution in [2.45, 2.75) is 6.04 Å². The second-order valence-corrected chi connectivity index (χ2v) is 3.90. The Hall–Kier alpha value is -2.41. The molecule has 1 unspecified atom stereocenters. The second kappa shape index (κ2) is 6.16. The van der Waals surface area contributed by atoms with Crippen LogP contribution in [0, 0.1) is 0 Å². The van der Waals surface area contributed by atoms with Gasteiger partial charge in [-0.1, -0.05) is 0 Å². The standard InChI is InChI=1S/C13H16N4O3/c1-18-9-6-15-5-4-8(9)11(14)12-13(20-3)17-10(19-2)7-16-12/h4-7,11H,14H2,1-3H3. The highest BCUT2D eigenvalue weighted by Crippen LogP contribution is 2.30. The molecule has 0 radical (unpaired) electrons. The fraction of sp³-hybridized carbons (Fsp3) is 0.308. The van der Waals surface area contributed by atoms with Gasteiger partial charge in [0.05, 0.1) is 39.8 Å². The van der Waals surface area contributed by atoms with E-state index < -0.39 is 6.04 Å². The number of aromatic nitrogens is 3. The van der Waals surface area contributed by atoms with Crippen molar-refractivity contribution in [3.8, 4) is 17.5 Å². The van der Waals surface area contributed by atoms with E-state index in [1.165, 1.54) is 20.4 Å². The van der Waals surface area contributed by atoms with Gasteiger partial charge in [-0.25, -0.2) is 4.98 Å². The average molecular weight is 276 g/mol. The lowest BCUT2D eigenvalue weighted by Crippen LogP contribution is -2.16. The summed E-state index contributed by atoms with van der Waals surface area (Å²) in [5.74, 6) is 1.26. The quantitative estimate of drug-likeness (QED) is 0.868. The molecule has 7 nitrogen and oxygen atoms in total. The van der Waals surface area contributed by atoms with Crippen LogP contribution in [0.5, 0.6) is 17.5 Å². The summed E-state index contributed by atoms with van der Waals surface area (Å²) in [7, 11) is 4.57. The zero-order valence-electron chi connectivity index (χ0n) is 11.5. The number of methoxy groups -OCH3 is 3. The molecule has 0 saturated carbocycles. The lowest BCUT2D eigenvalue weighted by molar-refractivity contribution is 0.354. The summed E-state index contributed by atoms with van der Waals surface area (Å²) >= 11 is 0. The Morgan fingerprint density at radius 1 is 1.10 bits per heavy atom. The van der Waals surface area contributed by atoms with Gasteiger partial charge in [0.15, 0.2) is 0 Å². The molecule has 0 amide bonds. The van der Waals surface area contributed by atoms with Gasteiger partial charge >= 0.3 is 0 Å². The number of nitrogens with zero attached hydrogens (tertiary/aromatic N) is 3. The summed E-state index contributed by atoms with van der Waals surface area (Å²) in [5, 5.41) is 0. The Kier molecular flexibility index (Phi) is 4.31. The molecule has 2 heterocycles. The van der Waals surface area contributed by atoms with E-state index in [2.05, 4.69) is 15.0 Å². The number of pyridine rings is 1. The molecule has 106 valence electrons. The molecule has 0 spiro atoms. The van der Waals surface area contributed by atoms with Gasteiger partial charge in [0.1, 0.15) is 11.4 Å². The van der Waals surface area contributed by atoms with Crippen LogP contribution in [-0.2, 0) is 0 Å². The van der Waals surface area contributed by atoms with Gasteiger partial charge in [-0.15, -0.1) is 0 Å². The highest BCUT2D eigenvalue weighted by molar-refractivity contribution is 5.40. The van der Waals surface area contributed by atoms with Crippen molar-refractivity contribution in [2.24, 2.45) is 5.73 Å². The fourth-order valence-electron chi connectivity index (χ4n) is 1.79. The van der Waals surface area contributed by atoms with Gasteiger partial charge in [-0.2, -0.15) is 4.98 Å². The fourth-order valence-corrected chi connectivity index (χ4v) is 1.79. The Bertz CT molecular complexity index is 592. The zero-order chi connectivity index (χ0) is 14.5. The van der Waals surface area contributed by atoms with Gasteiger partial charge in [0, 0.05) is 11.8 Å². The van der Waals surface area contributed by atoms with Crippen molar-refractivity contribution in [3.63, 3.8) is 0 Å².